The van der Waals surface area contributed by atoms with Gasteiger partial charge in [-0.3, -0.25) is 10.1 Å². The van der Waals surface area contributed by atoms with Gasteiger partial charge in [-0.1, -0.05) is 0 Å². The average molecular weight is 153 g/mol. The van der Waals surface area contributed by atoms with Crippen LogP contribution in [0.15, 0.2) is 18.2 Å². The zero-order valence-corrected chi connectivity index (χ0v) is 5.31. The van der Waals surface area contributed by atoms with Crippen LogP contribution < -0.4 is 4.89 Å². The molecular formula is C6H3NO4. The Balaban J connectivity index is 2.91. The number of nitro benzene ring substituents is 1. The third kappa shape index (κ3) is 1.65. The minimum atomic E-state index is -0.578. The Hall–Kier alpha value is -1.62. The maximum absolute atomic E-state index is 10.1. The van der Waals surface area contributed by atoms with Crippen molar-refractivity contribution in [3.63, 3.8) is 0 Å². The Morgan fingerprint density at radius 3 is 2.64 bits per heavy atom. The highest BCUT2D eigenvalue weighted by atomic mass is 17.1. The molecule has 1 aromatic carbocycles. The van der Waals surface area contributed by atoms with Gasteiger partial charge in [0.15, 0.2) is 5.75 Å². The molecule has 0 atom stereocenters. The molecule has 0 N–H and O–H groups in total. The van der Waals surface area contributed by atoms with Crippen LogP contribution >= 0.6 is 0 Å². The molecule has 0 heterocycles. The predicted octanol–water partition coefficient (Wildman–Crippen LogP) is 1.12. The summed E-state index contributed by atoms with van der Waals surface area (Å²) in [4.78, 5) is 13.0. The van der Waals surface area contributed by atoms with Crippen LogP contribution in [0.3, 0.4) is 0 Å². The van der Waals surface area contributed by atoms with Crippen molar-refractivity contribution >= 4 is 5.69 Å². The van der Waals surface area contributed by atoms with Crippen LogP contribution in [0.25, 0.3) is 0 Å². The first-order chi connectivity index (χ1) is 5.24. The summed E-state index contributed by atoms with van der Waals surface area (Å²) in [5.41, 5.74) is -0.120. The molecule has 56 valence electrons. The van der Waals surface area contributed by atoms with Crippen LogP contribution in [-0.2, 0) is 5.26 Å². The highest BCUT2D eigenvalue weighted by molar-refractivity contribution is 5.34. The van der Waals surface area contributed by atoms with E-state index in [2.05, 4.69) is 11.0 Å². The summed E-state index contributed by atoms with van der Waals surface area (Å²) in [5, 5.41) is 19.8. The smallest absolute Gasteiger partial charge is 0.270 e. The molecule has 2 radical (unpaired) electrons. The van der Waals surface area contributed by atoms with Gasteiger partial charge in [0, 0.05) is 23.5 Å². The molecule has 1 aromatic rings. The molecule has 0 aliphatic rings. The Morgan fingerprint density at radius 2 is 2.27 bits per heavy atom. The maximum Gasteiger partial charge on any atom is 0.270 e. The standard InChI is InChI=1S/C6H3NO4/c8-7(9)5-1-3-6(11-10)4-2-5/h1-3H. The van der Waals surface area contributed by atoms with Crippen molar-refractivity contribution in [2.75, 3.05) is 0 Å². The molecule has 11 heavy (non-hydrogen) atoms. The first-order valence-corrected chi connectivity index (χ1v) is 2.70. The number of non-ortho nitro benzene ring substituents is 1. The van der Waals surface area contributed by atoms with E-state index in [1.165, 1.54) is 12.1 Å². The molecule has 5 nitrogen and oxygen atoms in total. The molecule has 0 aromatic heterocycles. The molecule has 0 fully saturated rings. The van der Waals surface area contributed by atoms with E-state index in [1.54, 1.807) is 0 Å². The lowest BCUT2D eigenvalue weighted by Gasteiger charge is -1.91. The molecule has 0 aliphatic heterocycles. The van der Waals surface area contributed by atoms with Crippen molar-refractivity contribution in [3.05, 3.63) is 34.4 Å². The number of hydrogen-bond donors (Lipinski definition) is 0. The fourth-order valence-corrected chi connectivity index (χ4v) is 0.568. The van der Waals surface area contributed by atoms with Gasteiger partial charge in [-0.25, -0.2) is 0 Å². The second kappa shape index (κ2) is 2.98. The molecule has 0 amide bonds. The van der Waals surface area contributed by atoms with E-state index in [9.17, 15) is 15.4 Å². The van der Waals surface area contributed by atoms with Gasteiger partial charge in [0.2, 0.25) is 0 Å². The van der Waals surface area contributed by atoms with Gasteiger partial charge in [0.05, 0.1) is 4.92 Å². The van der Waals surface area contributed by atoms with Crippen molar-refractivity contribution in [1.82, 2.24) is 0 Å². The normalized spacial score (nSPS) is 9.18. The number of benzene rings is 1. The van der Waals surface area contributed by atoms with E-state index >= 15 is 0 Å². The van der Waals surface area contributed by atoms with Gasteiger partial charge in [0.25, 0.3) is 5.69 Å². The molecule has 0 saturated heterocycles. The summed E-state index contributed by atoms with van der Waals surface area (Å²) in [7, 11) is 0. The maximum atomic E-state index is 10.1. The number of rotatable bonds is 2. The predicted molar refractivity (Wildman–Crippen MR) is 33.2 cm³/mol. The van der Waals surface area contributed by atoms with E-state index in [4.69, 9.17) is 0 Å². The summed E-state index contributed by atoms with van der Waals surface area (Å²) in [6.07, 6.45) is 0. The summed E-state index contributed by atoms with van der Waals surface area (Å²) < 4.78 is 0. The van der Waals surface area contributed by atoms with E-state index in [0.717, 1.165) is 6.07 Å². The number of hydrogen-bond acceptors (Lipinski definition) is 3. The molecule has 0 spiro atoms. The quantitative estimate of drug-likeness (QED) is 0.363. The topological polar surface area (TPSA) is 72.3 Å². The zero-order chi connectivity index (χ0) is 8.27. The Kier molecular flexibility index (Phi) is 2.03. The van der Waals surface area contributed by atoms with Crippen molar-refractivity contribution in [2.45, 2.75) is 0 Å². The monoisotopic (exact) mass is 153 g/mol. The number of nitrogens with zero attached hydrogens (tertiary/aromatic N) is 1. The lowest BCUT2D eigenvalue weighted by Crippen LogP contribution is -1.87. The third-order valence-electron chi connectivity index (χ3n) is 1.07. The highest BCUT2D eigenvalue weighted by Gasteiger charge is 2.04. The fourth-order valence-electron chi connectivity index (χ4n) is 0.568. The molecule has 5 heteroatoms. The molecule has 1 rings (SSSR count). The van der Waals surface area contributed by atoms with Crippen molar-refractivity contribution in [1.29, 1.82) is 0 Å². The second-order valence-electron chi connectivity index (χ2n) is 1.75. The van der Waals surface area contributed by atoms with Gasteiger partial charge in [0.1, 0.15) is 0 Å². The van der Waals surface area contributed by atoms with E-state index < -0.39 is 4.92 Å². The summed E-state index contributed by atoms with van der Waals surface area (Å²) in [6, 6.07) is 5.72. The summed E-state index contributed by atoms with van der Waals surface area (Å²) >= 11 is 0. The van der Waals surface area contributed by atoms with Gasteiger partial charge in [-0.15, -0.1) is 0 Å². The first-order valence-electron chi connectivity index (χ1n) is 2.70. The van der Waals surface area contributed by atoms with Gasteiger partial charge in [-0.2, -0.15) is 0 Å². The Morgan fingerprint density at radius 1 is 1.55 bits per heavy atom. The lowest BCUT2D eigenvalue weighted by atomic mass is 10.3. The molecule has 0 aliphatic carbocycles. The minimum Gasteiger partial charge on any atom is -0.305 e. The van der Waals surface area contributed by atoms with Gasteiger partial charge in [-0.05, 0) is 6.07 Å². The van der Waals surface area contributed by atoms with Crippen LogP contribution in [-0.4, -0.2) is 4.92 Å². The molecular weight excluding hydrogens is 150 g/mol. The SMILES string of the molecule is [O]Oc1[c]cc([N+](=O)[O-])cc1. The van der Waals surface area contributed by atoms with Crippen molar-refractivity contribution in [2.24, 2.45) is 0 Å². The van der Waals surface area contributed by atoms with Crippen LogP contribution in [0.4, 0.5) is 5.69 Å². The summed E-state index contributed by atoms with van der Waals surface area (Å²) in [6.45, 7) is 0. The van der Waals surface area contributed by atoms with Crippen LogP contribution in [0.5, 0.6) is 5.75 Å². The minimum absolute atomic E-state index is 0.0596. The van der Waals surface area contributed by atoms with Gasteiger partial charge < -0.3 is 4.89 Å². The average Bonchev–Trinajstić information content (AvgIpc) is 2.05. The second-order valence-corrected chi connectivity index (χ2v) is 1.75. The van der Waals surface area contributed by atoms with Crippen LogP contribution in [0.2, 0.25) is 0 Å². The lowest BCUT2D eigenvalue weighted by molar-refractivity contribution is -0.385. The number of nitro groups is 1. The fraction of sp³-hybridized carbons (Fsp3) is 0. The molecule has 0 bridgehead atoms. The van der Waals surface area contributed by atoms with Crippen molar-refractivity contribution < 1.29 is 15.1 Å². The summed E-state index contributed by atoms with van der Waals surface area (Å²) in [5.74, 6) is -0.0596. The van der Waals surface area contributed by atoms with Gasteiger partial charge >= 0.3 is 0 Å². The molecule has 0 unspecified atom stereocenters. The largest absolute Gasteiger partial charge is 0.305 e. The van der Waals surface area contributed by atoms with Crippen LogP contribution in [0, 0.1) is 16.2 Å². The Labute approximate surface area is 61.9 Å². The van der Waals surface area contributed by atoms with E-state index in [0.29, 0.717) is 0 Å². The highest BCUT2D eigenvalue weighted by Crippen LogP contribution is 2.15. The molecule has 0 saturated carbocycles. The zero-order valence-electron chi connectivity index (χ0n) is 5.31. The van der Waals surface area contributed by atoms with E-state index in [1.807, 2.05) is 0 Å². The third-order valence-corrected chi connectivity index (χ3v) is 1.07. The first kappa shape index (κ1) is 7.49. The van der Waals surface area contributed by atoms with E-state index in [-0.39, 0.29) is 11.4 Å². The van der Waals surface area contributed by atoms with Crippen LogP contribution in [0.1, 0.15) is 0 Å². The Bertz CT molecular complexity index is 256. The van der Waals surface area contributed by atoms with Crippen molar-refractivity contribution in [3.8, 4) is 5.75 Å².